The van der Waals surface area contributed by atoms with E-state index in [4.69, 9.17) is 5.73 Å². The predicted octanol–water partition coefficient (Wildman–Crippen LogP) is -1.12. The molecular weight excluding hydrogens is 144 g/mol. The van der Waals surface area contributed by atoms with Gasteiger partial charge in [-0.1, -0.05) is 0 Å². The smallest absolute Gasteiger partial charge is 0.346 e. The number of carbonyl (C=O) groups is 1. The summed E-state index contributed by atoms with van der Waals surface area (Å²) in [7, 11) is -3.81. The van der Waals surface area contributed by atoms with E-state index in [0.717, 1.165) is 6.20 Å². The number of nitrogens with one attached hydrogen (secondary N) is 1. The average molecular weight is 148 g/mol. The Labute approximate surface area is 51.5 Å². The van der Waals surface area contributed by atoms with Crippen LogP contribution in [-0.2, 0) is 9.84 Å². The van der Waals surface area contributed by atoms with Gasteiger partial charge in [0, 0.05) is 6.20 Å². The van der Waals surface area contributed by atoms with Gasteiger partial charge >= 0.3 is 5.24 Å². The van der Waals surface area contributed by atoms with Gasteiger partial charge in [-0.25, -0.2) is 8.42 Å². The number of amides is 1. The molecule has 0 spiro atoms. The molecule has 0 bridgehead atoms. The molecule has 0 fully saturated rings. The van der Waals surface area contributed by atoms with Crippen molar-refractivity contribution in [2.45, 2.75) is 0 Å². The van der Waals surface area contributed by atoms with Crippen molar-refractivity contribution >= 4 is 15.1 Å². The molecule has 0 aromatic heterocycles. The highest BCUT2D eigenvalue weighted by molar-refractivity contribution is 8.09. The third-order valence-corrected chi connectivity index (χ3v) is 2.23. The van der Waals surface area contributed by atoms with Crippen molar-refractivity contribution < 1.29 is 13.2 Å². The highest BCUT2D eigenvalue weighted by atomic mass is 32.2. The van der Waals surface area contributed by atoms with E-state index in [9.17, 15) is 13.2 Å². The second-order valence-electron chi connectivity index (χ2n) is 1.48. The predicted molar refractivity (Wildman–Crippen MR) is 29.7 cm³/mol. The Kier molecular flexibility index (Phi) is 0.995. The van der Waals surface area contributed by atoms with E-state index in [2.05, 4.69) is 0 Å². The molecule has 1 heterocycles. The van der Waals surface area contributed by atoms with Crippen LogP contribution in [0, 0.1) is 0 Å². The van der Waals surface area contributed by atoms with Crippen LogP contribution in [0.2, 0.25) is 0 Å². The molecule has 0 aliphatic carbocycles. The molecule has 0 aromatic carbocycles. The maximum absolute atomic E-state index is 10.5. The first-order valence-electron chi connectivity index (χ1n) is 2.06. The second kappa shape index (κ2) is 1.47. The minimum absolute atomic E-state index is 0.424. The quantitative estimate of drug-likeness (QED) is 0.455. The fourth-order valence-corrected chi connectivity index (χ4v) is 1.03. The van der Waals surface area contributed by atoms with Gasteiger partial charge in [-0.15, -0.1) is 0 Å². The summed E-state index contributed by atoms with van der Waals surface area (Å²) >= 11 is 0. The first-order chi connectivity index (χ1) is 4.05. The normalized spacial score (nSPS) is 23.1. The highest BCUT2D eigenvalue weighted by Crippen LogP contribution is 2.06. The summed E-state index contributed by atoms with van der Waals surface area (Å²) in [6, 6.07) is 0. The number of rotatable bonds is 0. The monoisotopic (exact) mass is 148 g/mol. The van der Waals surface area contributed by atoms with Crippen LogP contribution < -0.4 is 11.1 Å². The van der Waals surface area contributed by atoms with Crippen LogP contribution in [0.25, 0.3) is 0 Å². The number of nitrogens with two attached hydrogens (primary N) is 1. The standard InChI is InChI=1S/C3H4N2O3S/c4-2-1-5-3(6)9(2,7)8/h1H,4H2,(H,5,6). The lowest BCUT2D eigenvalue weighted by molar-refractivity contribution is 0.262. The average Bonchev–Trinajstić information content (AvgIpc) is 1.96. The molecule has 0 unspecified atom stereocenters. The molecule has 0 atom stereocenters. The van der Waals surface area contributed by atoms with E-state index in [1.54, 1.807) is 0 Å². The Morgan fingerprint density at radius 3 is 2.22 bits per heavy atom. The topological polar surface area (TPSA) is 89.3 Å². The summed E-state index contributed by atoms with van der Waals surface area (Å²) in [6.07, 6.45) is 0.956. The maximum atomic E-state index is 10.5. The summed E-state index contributed by atoms with van der Waals surface area (Å²) in [5, 5.41) is 0.466. The van der Waals surface area contributed by atoms with Crippen molar-refractivity contribution in [2.75, 3.05) is 0 Å². The van der Waals surface area contributed by atoms with Crippen LogP contribution in [0.1, 0.15) is 0 Å². The van der Waals surface area contributed by atoms with Crippen LogP contribution in [0.15, 0.2) is 11.2 Å². The third kappa shape index (κ3) is 0.672. The Hall–Kier alpha value is -1.04. The Bertz CT molecular complexity index is 275. The zero-order valence-corrected chi connectivity index (χ0v) is 5.10. The van der Waals surface area contributed by atoms with Gasteiger partial charge in [-0.05, 0) is 0 Å². The molecule has 0 aromatic rings. The van der Waals surface area contributed by atoms with Crippen molar-refractivity contribution in [3.8, 4) is 0 Å². The number of hydrogen-bond donors (Lipinski definition) is 2. The summed E-state index contributed by atoms with van der Waals surface area (Å²) in [5.74, 6) is 0. The largest absolute Gasteiger partial charge is 0.388 e. The minimum Gasteiger partial charge on any atom is -0.388 e. The summed E-state index contributed by atoms with van der Waals surface area (Å²) in [5.41, 5.74) is 4.89. The molecule has 9 heavy (non-hydrogen) atoms. The van der Waals surface area contributed by atoms with E-state index in [-0.39, 0.29) is 0 Å². The summed E-state index contributed by atoms with van der Waals surface area (Å²) in [4.78, 5) is 10.3. The SMILES string of the molecule is NC1=CNC(=O)S1(=O)=O. The highest BCUT2D eigenvalue weighted by Gasteiger charge is 2.29. The zero-order valence-electron chi connectivity index (χ0n) is 4.29. The van der Waals surface area contributed by atoms with Crippen molar-refractivity contribution in [2.24, 2.45) is 5.73 Å². The van der Waals surface area contributed by atoms with Gasteiger partial charge in [0.1, 0.15) is 0 Å². The van der Waals surface area contributed by atoms with Crippen molar-refractivity contribution in [3.05, 3.63) is 11.2 Å². The van der Waals surface area contributed by atoms with Gasteiger partial charge in [0.05, 0.1) is 0 Å². The molecule has 5 nitrogen and oxygen atoms in total. The fraction of sp³-hybridized carbons (Fsp3) is 0. The number of sulfone groups is 1. The lowest BCUT2D eigenvalue weighted by Crippen LogP contribution is -2.19. The number of carbonyl (C=O) groups excluding carboxylic acids is 1. The van der Waals surface area contributed by atoms with Gasteiger partial charge in [-0.3, -0.25) is 4.79 Å². The van der Waals surface area contributed by atoms with E-state index >= 15 is 0 Å². The van der Waals surface area contributed by atoms with Gasteiger partial charge in [0.15, 0.2) is 5.03 Å². The molecule has 0 saturated carbocycles. The molecule has 1 amide bonds. The lowest BCUT2D eigenvalue weighted by atomic mass is 10.9. The molecule has 6 heteroatoms. The van der Waals surface area contributed by atoms with E-state index in [1.165, 1.54) is 0 Å². The Balaban J connectivity index is 3.25. The first kappa shape index (κ1) is 6.09. The van der Waals surface area contributed by atoms with E-state index in [1.807, 2.05) is 5.32 Å². The van der Waals surface area contributed by atoms with E-state index < -0.39 is 20.1 Å². The lowest BCUT2D eigenvalue weighted by Gasteiger charge is -1.87. The summed E-state index contributed by atoms with van der Waals surface area (Å²) in [6.45, 7) is 0. The van der Waals surface area contributed by atoms with Crippen molar-refractivity contribution in [1.82, 2.24) is 5.32 Å². The second-order valence-corrected chi connectivity index (χ2v) is 3.33. The van der Waals surface area contributed by atoms with Gasteiger partial charge in [0.25, 0.3) is 9.84 Å². The number of hydrogen-bond acceptors (Lipinski definition) is 4. The molecule has 3 N–H and O–H groups in total. The van der Waals surface area contributed by atoms with Crippen molar-refractivity contribution in [3.63, 3.8) is 0 Å². The molecule has 1 aliphatic rings. The Morgan fingerprint density at radius 2 is 2.11 bits per heavy atom. The molecule has 50 valence electrons. The van der Waals surface area contributed by atoms with Crippen molar-refractivity contribution in [1.29, 1.82) is 0 Å². The maximum Gasteiger partial charge on any atom is 0.346 e. The molecular formula is C3H4N2O3S. The molecule has 0 saturated heterocycles. The van der Waals surface area contributed by atoms with Crippen LogP contribution in [0.3, 0.4) is 0 Å². The fourth-order valence-electron chi connectivity index (χ4n) is 0.392. The van der Waals surface area contributed by atoms with Gasteiger partial charge < -0.3 is 11.1 Å². The molecule has 1 aliphatic heterocycles. The van der Waals surface area contributed by atoms with Crippen LogP contribution in [0.4, 0.5) is 4.79 Å². The first-order valence-corrected chi connectivity index (χ1v) is 3.54. The summed E-state index contributed by atoms with van der Waals surface area (Å²) < 4.78 is 21.0. The minimum atomic E-state index is -3.81. The van der Waals surface area contributed by atoms with Crippen LogP contribution in [0.5, 0.6) is 0 Å². The molecule has 1 rings (SSSR count). The van der Waals surface area contributed by atoms with Crippen LogP contribution >= 0.6 is 0 Å². The molecule has 0 radical (unpaired) electrons. The Morgan fingerprint density at radius 1 is 1.56 bits per heavy atom. The van der Waals surface area contributed by atoms with Gasteiger partial charge in [0.2, 0.25) is 0 Å². The van der Waals surface area contributed by atoms with E-state index in [0.29, 0.717) is 0 Å². The van der Waals surface area contributed by atoms with Crippen LogP contribution in [-0.4, -0.2) is 13.7 Å². The van der Waals surface area contributed by atoms with Gasteiger partial charge in [-0.2, -0.15) is 0 Å². The zero-order chi connectivity index (χ0) is 7.07. The third-order valence-electron chi connectivity index (χ3n) is 0.887.